The van der Waals surface area contributed by atoms with Crippen molar-refractivity contribution in [1.29, 1.82) is 5.26 Å². The van der Waals surface area contributed by atoms with Gasteiger partial charge >= 0.3 is 0 Å². The van der Waals surface area contributed by atoms with Crippen LogP contribution in [0.3, 0.4) is 0 Å². The van der Waals surface area contributed by atoms with Gasteiger partial charge in [-0.25, -0.2) is 4.68 Å². The van der Waals surface area contributed by atoms with Crippen LogP contribution in [0.15, 0.2) is 60.7 Å². The third-order valence-corrected chi connectivity index (χ3v) is 3.19. The van der Waals surface area contributed by atoms with E-state index in [4.69, 9.17) is 10.00 Å². The van der Waals surface area contributed by atoms with E-state index in [0.717, 1.165) is 22.7 Å². The van der Waals surface area contributed by atoms with Crippen molar-refractivity contribution in [2.75, 3.05) is 7.11 Å². The molecule has 1 heterocycles. The second-order valence-corrected chi connectivity index (χ2v) is 4.51. The van der Waals surface area contributed by atoms with Crippen LogP contribution in [0.25, 0.3) is 16.9 Å². The molecule has 0 N–H and O–H groups in total. The summed E-state index contributed by atoms with van der Waals surface area (Å²) < 4.78 is 7.03. The summed E-state index contributed by atoms with van der Waals surface area (Å²) in [6, 6.07) is 21.3. The molecule has 1 aromatic heterocycles. The number of para-hydroxylation sites is 1. The topological polar surface area (TPSA) is 50.8 Å². The van der Waals surface area contributed by atoms with Crippen LogP contribution >= 0.6 is 0 Å². The summed E-state index contributed by atoms with van der Waals surface area (Å²) in [7, 11) is 1.63. The summed E-state index contributed by atoms with van der Waals surface area (Å²) in [5.74, 6) is 0.770. The highest BCUT2D eigenvalue weighted by Crippen LogP contribution is 2.26. The minimum Gasteiger partial charge on any atom is -0.497 e. The molecule has 0 fully saturated rings. The molecule has 4 heteroatoms. The van der Waals surface area contributed by atoms with Gasteiger partial charge in [-0.3, -0.25) is 0 Å². The van der Waals surface area contributed by atoms with E-state index in [1.807, 2.05) is 54.6 Å². The number of benzene rings is 2. The minimum atomic E-state index is 0.386. The summed E-state index contributed by atoms with van der Waals surface area (Å²) in [5.41, 5.74) is 3.11. The normalized spacial score (nSPS) is 10.1. The van der Waals surface area contributed by atoms with E-state index >= 15 is 0 Å². The lowest BCUT2D eigenvalue weighted by atomic mass is 10.1. The van der Waals surface area contributed by atoms with Crippen molar-refractivity contribution in [2.45, 2.75) is 0 Å². The molecular weight excluding hydrogens is 262 g/mol. The highest BCUT2D eigenvalue weighted by atomic mass is 16.5. The van der Waals surface area contributed by atoms with Gasteiger partial charge in [0.2, 0.25) is 0 Å². The van der Waals surface area contributed by atoms with Crippen molar-refractivity contribution in [2.24, 2.45) is 0 Å². The summed E-state index contributed by atoms with van der Waals surface area (Å²) in [6.45, 7) is 0. The first-order chi connectivity index (χ1) is 10.3. The Labute approximate surface area is 122 Å². The third kappa shape index (κ3) is 2.49. The van der Waals surface area contributed by atoms with E-state index in [9.17, 15) is 0 Å². The Morgan fingerprint density at radius 1 is 1.05 bits per heavy atom. The number of methoxy groups -OCH3 is 1. The first-order valence-electron chi connectivity index (χ1n) is 6.52. The molecule has 4 nitrogen and oxygen atoms in total. The number of nitriles is 1. The van der Waals surface area contributed by atoms with Crippen LogP contribution in [-0.2, 0) is 0 Å². The van der Waals surface area contributed by atoms with Crippen LogP contribution in [-0.4, -0.2) is 16.9 Å². The lowest BCUT2D eigenvalue weighted by molar-refractivity contribution is 0.415. The van der Waals surface area contributed by atoms with Crippen LogP contribution < -0.4 is 4.74 Å². The zero-order valence-electron chi connectivity index (χ0n) is 11.5. The molecule has 102 valence electrons. The van der Waals surface area contributed by atoms with E-state index in [0.29, 0.717) is 5.69 Å². The molecule has 3 aromatic rings. The predicted octanol–water partition coefficient (Wildman–Crippen LogP) is 3.42. The first kappa shape index (κ1) is 12.9. The average Bonchev–Trinajstić information content (AvgIpc) is 3.00. The Morgan fingerprint density at radius 2 is 1.86 bits per heavy atom. The van der Waals surface area contributed by atoms with Gasteiger partial charge in [-0.05, 0) is 24.3 Å². The van der Waals surface area contributed by atoms with Gasteiger partial charge in [0.1, 0.15) is 11.8 Å². The molecule has 0 unspecified atom stereocenters. The molecule has 0 saturated carbocycles. The third-order valence-electron chi connectivity index (χ3n) is 3.19. The molecule has 0 bridgehead atoms. The fraction of sp³-hybridized carbons (Fsp3) is 0.0588. The average molecular weight is 275 g/mol. The molecule has 0 aliphatic heterocycles. The fourth-order valence-electron chi connectivity index (χ4n) is 2.19. The van der Waals surface area contributed by atoms with E-state index < -0.39 is 0 Å². The van der Waals surface area contributed by atoms with Gasteiger partial charge in [0.15, 0.2) is 5.69 Å². The zero-order chi connectivity index (χ0) is 14.7. The molecule has 0 radical (unpaired) electrons. The minimum absolute atomic E-state index is 0.386. The highest BCUT2D eigenvalue weighted by molar-refractivity contribution is 5.65. The maximum atomic E-state index is 9.12. The van der Waals surface area contributed by atoms with Crippen LogP contribution in [0, 0.1) is 11.3 Å². The van der Waals surface area contributed by atoms with Gasteiger partial charge in [0.05, 0.1) is 18.5 Å². The van der Waals surface area contributed by atoms with Gasteiger partial charge in [-0.2, -0.15) is 10.4 Å². The largest absolute Gasteiger partial charge is 0.497 e. The van der Waals surface area contributed by atoms with Crippen molar-refractivity contribution < 1.29 is 4.74 Å². The summed E-state index contributed by atoms with van der Waals surface area (Å²) >= 11 is 0. The Balaban J connectivity index is 2.18. The SMILES string of the molecule is COc1cccc(-c2cc(C#N)nn2-c2ccccc2)c1. The second kappa shape index (κ2) is 5.51. The van der Waals surface area contributed by atoms with Crippen LogP contribution in [0.2, 0.25) is 0 Å². The number of hydrogen-bond donors (Lipinski definition) is 0. The Morgan fingerprint density at radius 3 is 2.57 bits per heavy atom. The number of aromatic nitrogens is 2. The molecule has 0 aliphatic rings. The van der Waals surface area contributed by atoms with Crippen LogP contribution in [0.1, 0.15) is 5.69 Å². The molecule has 21 heavy (non-hydrogen) atoms. The first-order valence-corrected chi connectivity index (χ1v) is 6.52. The molecule has 0 spiro atoms. The van der Waals surface area contributed by atoms with Crippen molar-refractivity contribution in [3.05, 3.63) is 66.4 Å². The number of rotatable bonds is 3. The molecule has 0 saturated heterocycles. The van der Waals surface area contributed by atoms with Crippen molar-refractivity contribution in [1.82, 2.24) is 9.78 Å². The van der Waals surface area contributed by atoms with Crippen LogP contribution in [0.5, 0.6) is 5.75 Å². The number of ether oxygens (including phenoxy) is 1. The van der Waals surface area contributed by atoms with E-state index in [1.54, 1.807) is 17.9 Å². The summed E-state index contributed by atoms with van der Waals surface area (Å²) in [4.78, 5) is 0. The summed E-state index contributed by atoms with van der Waals surface area (Å²) in [5, 5.41) is 13.5. The lowest BCUT2D eigenvalue weighted by Crippen LogP contribution is -1.99. The van der Waals surface area contributed by atoms with E-state index in [2.05, 4.69) is 11.2 Å². The monoisotopic (exact) mass is 275 g/mol. The number of hydrogen-bond acceptors (Lipinski definition) is 3. The van der Waals surface area contributed by atoms with E-state index in [1.165, 1.54) is 0 Å². The van der Waals surface area contributed by atoms with Gasteiger partial charge in [-0.1, -0.05) is 30.3 Å². The molecule has 2 aromatic carbocycles. The lowest BCUT2D eigenvalue weighted by Gasteiger charge is -2.08. The highest BCUT2D eigenvalue weighted by Gasteiger charge is 2.11. The maximum absolute atomic E-state index is 9.12. The predicted molar refractivity (Wildman–Crippen MR) is 80.3 cm³/mol. The molecule has 0 atom stereocenters. The summed E-state index contributed by atoms with van der Waals surface area (Å²) in [6.07, 6.45) is 0. The molecule has 3 rings (SSSR count). The smallest absolute Gasteiger partial charge is 0.163 e. The Kier molecular flexibility index (Phi) is 3.40. The van der Waals surface area contributed by atoms with Crippen molar-refractivity contribution >= 4 is 0 Å². The van der Waals surface area contributed by atoms with Crippen molar-refractivity contribution in [3.8, 4) is 28.8 Å². The van der Waals surface area contributed by atoms with Gasteiger partial charge in [0, 0.05) is 11.6 Å². The van der Waals surface area contributed by atoms with Gasteiger partial charge in [0.25, 0.3) is 0 Å². The Hall–Kier alpha value is -3.06. The standard InChI is InChI=1S/C17H13N3O/c1-21-16-9-5-6-13(10-16)17-11-14(12-18)19-20(17)15-7-3-2-4-8-15/h2-11H,1H3. The molecule has 0 aliphatic carbocycles. The van der Waals surface area contributed by atoms with Gasteiger partial charge < -0.3 is 4.74 Å². The van der Waals surface area contributed by atoms with Gasteiger partial charge in [-0.15, -0.1) is 0 Å². The molecule has 0 amide bonds. The quantitative estimate of drug-likeness (QED) is 0.736. The molecular formula is C17H13N3O. The van der Waals surface area contributed by atoms with E-state index in [-0.39, 0.29) is 0 Å². The second-order valence-electron chi connectivity index (χ2n) is 4.51. The zero-order valence-corrected chi connectivity index (χ0v) is 11.5. The fourth-order valence-corrected chi connectivity index (χ4v) is 2.19. The van der Waals surface area contributed by atoms with Crippen molar-refractivity contribution in [3.63, 3.8) is 0 Å². The number of nitrogens with zero attached hydrogens (tertiary/aromatic N) is 3. The Bertz CT molecular complexity index is 800. The van der Waals surface area contributed by atoms with Crippen LogP contribution in [0.4, 0.5) is 0 Å². The maximum Gasteiger partial charge on any atom is 0.163 e.